The summed E-state index contributed by atoms with van der Waals surface area (Å²) in [7, 11) is 0. The number of carbonyl (C=O) groups is 2. The van der Waals surface area contributed by atoms with Gasteiger partial charge in [0, 0.05) is 52.2 Å². The van der Waals surface area contributed by atoms with E-state index in [1.54, 1.807) is 0 Å². The molecule has 6 nitrogen and oxygen atoms in total. The van der Waals surface area contributed by atoms with Gasteiger partial charge in [0.25, 0.3) is 0 Å². The number of hydrogen-bond acceptors (Lipinski definition) is 4. The molecule has 2 fully saturated rings. The Balaban J connectivity index is 1.32. The molecule has 3 rings (SSSR count). The number of para-hydroxylation sites is 1. The number of piperazine rings is 1. The Morgan fingerprint density at radius 1 is 1.12 bits per heavy atom. The first-order valence-electron chi connectivity index (χ1n) is 9.40. The van der Waals surface area contributed by atoms with Gasteiger partial charge in [-0.2, -0.15) is 0 Å². The van der Waals surface area contributed by atoms with Gasteiger partial charge in [0.15, 0.2) is 0 Å². The number of nitrogens with one attached hydrogen (secondary N) is 1. The van der Waals surface area contributed by atoms with Crippen LogP contribution in [0.2, 0.25) is 5.02 Å². The number of halogens is 1. The van der Waals surface area contributed by atoms with Crippen LogP contribution in [0.1, 0.15) is 19.3 Å². The zero-order chi connectivity index (χ0) is 18.4. The number of amides is 2. The van der Waals surface area contributed by atoms with Crippen LogP contribution in [0, 0.1) is 0 Å². The van der Waals surface area contributed by atoms with Crippen molar-refractivity contribution in [1.29, 1.82) is 0 Å². The predicted octanol–water partition coefficient (Wildman–Crippen LogP) is 1.59. The third-order valence-corrected chi connectivity index (χ3v) is 5.35. The average molecular weight is 379 g/mol. The molecule has 142 valence electrons. The van der Waals surface area contributed by atoms with E-state index in [0.717, 1.165) is 62.8 Å². The molecule has 0 radical (unpaired) electrons. The molecule has 0 saturated carbocycles. The van der Waals surface area contributed by atoms with E-state index in [2.05, 4.69) is 15.1 Å². The molecule has 2 aliphatic rings. The van der Waals surface area contributed by atoms with Gasteiger partial charge in [-0.1, -0.05) is 23.7 Å². The van der Waals surface area contributed by atoms with Gasteiger partial charge in [-0.25, -0.2) is 0 Å². The molecule has 0 aliphatic carbocycles. The van der Waals surface area contributed by atoms with Crippen molar-refractivity contribution in [2.75, 3.05) is 57.3 Å². The lowest BCUT2D eigenvalue weighted by molar-refractivity contribution is -0.127. The lowest BCUT2D eigenvalue weighted by Crippen LogP contribution is -2.49. The lowest BCUT2D eigenvalue weighted by atomic mass is 10.2. The molecule has 0 unspecified atom stereocenters. The molecular formula is C19H27ClN4O2. The highest BCUT2D eigenvalue weighted by Gasteiger charge is 2.21. The Hall–Kier alpha value is -1.79. The molecule has 1 N–H and O–H groups in total. The zero-order valence-electron chi connectivity index (χ0n) is 15.1. The second-order valence-corrected chi connectivity index (χ2v) is 7.31. The van der Waals surface area contributed by atoms with Crippen molar-refractivity contribution in [3.05, 3.63) is 29.3 Å². The van der Waals surface area contributed by atoms with Gasteiger partial charge in [-0.3, -0.25) is 14.5 Å². The van der Waals surface area contributed by atoms with Gasteiger partial charge in [0.1, 0.15) is 0 Å². The normalized spacial score (nSPS) is 18.4. The number of nitrogens with zero attached hydrogens (tertiary/aromatic N) is 3. The summed E-state index contributed by atoms with van der Waals surface area (Å²) in [6.07, 6.45) is 2.45. The number of rotatable bonds is 7. The topological polar surface area (TPSA) is 55.9 Å². The maximum absolute atomic E-state index is 12.1. The van der Waals surface area contributed by atoms with Gasteiger partial charge in [0.05, 0.1) is 17.3 Å². The molecule has 0 bridgehead atoms. The lowest BCUT2D eigenvalue weighted by Gasteiger charge is -2.36. The minimum atomic E-state index is 0.0592. The van der Waals surface area contributed by atoms with Gasteiger partial charge in [-0.05, 0) is 25.0 Å². The summed E-state index contributed by atoms with van der Waals surface area (Å²) in [5, 5.41) is 3.74. The summed E-state index contributed by atoms with van der Waals surface area (Å²) in [6, 6.07) is 7.88. The number of benzene rings is 1. The molecule has 2 heterocycles. The summed E-state index contributed by atoms with van der Waals surface area (Å²) in [4.78, 5) is 30.0. The minimum absolute atomic E-state index is 0.0592. The Morgan fingerprint density at radius 2 is 1.88 bits per heavy atom. The highest BCUT2D eigenvalue weighted by atomic mass is 35.5. The third-order valence-electron chi connectivity index (χ3n) is 5.03. The van der Waals surface area contributed by atoms with Crippen LogP contribution in [0.4, 0.5) is 5.69 Å². The maximum Gasteiger partial charge on any atom is 0.234 e. The molecule has 0 spiro atoms. The molecular weight excluding hydrogens is 352 g/mol. The molecule has 2 saturated heterocycles. The summed E-state index contributed by atoms with van der Waals surface area (Å²) in [5.41, 5.74) is 1.06. The van der Waals surface area contributed by atoms with E-state index in [4.69, 9.17) is 11.6 Å². The number of likely N-dealkylation sites (tertiary alicyclic amines) is 1. The van der Waals surface area contributed by atoms with Crippen LogP contribution in [0.5, 0.6) is 0 Å². The van der Waals surface area contributed by atoms with Gasteiger partial charge in [-0.15, -0.1) is 0 Å². The van der Waals surface area contributed by atoms with E-state index in [1.165, 1.54) is 0 Å². The van der Waals surface area contributed by atoms with Crippen LogP contribution in [0.25, 0.3) is 0 Å². The molecule has 1 aromatic carbocycles. The Bertz CT molecular complexity index is 632. The standard InChI is InChI=1S/C19H27ClN4O2/c20-16-5-1-2-6-17(16)23-13-11-22(12-14-23)15-18(25)21-8-4-10-24-9-3-7-19(24)26/h1-2,5-6H,3-4,7-15H2,(H,21,25). The van der Waals surface area contributed by atoms with Crippen LogP contribution in [-0.4, -0.2) is 74.0 Å². The van der Waals surface area contributed by atoms with E-state index in [1.807, 2.05) is 29.2 Å². The van der Waals surface area contributed by atoms with Gasteiger partial charge < -0.3 is 15.1 Å². The van der Waals surface area contributed by atoms with E-state index >= 15 is 0 Å². The third kappa shape index (κ3) is 5.11. The zero-order valence-corrected chi connectivity index (χ0v) is 15.9. The van der Waals surface area contributed by atoms with Crippen molar-refractivity contribution in [3.63, 3.8) is 0 Å². The fraction of sp³-hybridized carbons (Fsp3) is 0.579. The monoisotopic (exact) mass is 378 g/mol. The first-order chi connectivity index (χ1) is 12.6. The van der Waals surface area contributed by atoms with Crippen molar-refractivity contribution in [2.45, 2.75) is 19.3 Å². The second-order valence-electron chi connectivity index (χ2n) is 6.90. The quantitative estimate of drug-likeness (QED) is 0.732. The number of anilines is 1. The molecule has 26 heavy (non-hydrogen) atoms. The summed E-state index contributed by atoms with van der Waals surface area (Å²) in [5.74, 6) is 0.302. The predicted molar refractivity (Wildman–Crippen MR) is 104 cm³/mol. The highest BCUT2D eigenvalue weighted by molar-refractivity contribution is 6.33. The average Bonchev–Trinajstić information content (AvgIpc) is 3.05. The van der Waals surface area contributed by atoms with Gasteiger partial charge in [0.2, 0.25) is 11.8 Å². The Kier molecular flexibility index (Phi) is 6.74. The molecule has 1 aromatic rings. The largest absolute Gasteiger partial charge is 0.368 e. The molecule has 2 amide bonds. The SMILES string of the molecule is O=C(CN1CCN(c2ccccc2Cl)CC1)NCCCN1CCCC1=O. The second kappa shape index (κ2) is 9.24. The van der Waals surface area contributed by atoms with Crippen molar-refractivity contribution in [3.8, 4) is 0 Å². The molecule has 7 heteroatoms. The minimum Gasteiger partial charge on any atom is -0.368 e. The molecule has 0 aromatic heterocycles. The van der Waals surface area contributed by atoms with Crippen LogP contribution >= 0.6 is 11.6 Å². The van der Waals surface area contributed by atoms with Crippen LogP contribution < -0.4 is 10.2 Å². The summed E-state index contributed by atoms with van der Waals surface area (Å²) >= 11 is 6.26. The Morgan fingerprint density at radius 3 is 2.58 bits per heavy atom. The smallest absolute Gasteiger partial charge is 0.234 e. The first kappa shape index (κ1) is 19.0. The summed E-state index contributed by atoms with van der Waals surface area (Å²) in [6.45, 7) is 6.10. The van der Waals surface area contributed by atoms with E-state index < -0.39 is 0 Å². The van der Waals surface area contributed by atoms with Crippen LogP contribution in [0.15, 0.2) is 24.3 Å². The fourth-order valence-corrected chi connectivity index (χ4v) is 3.81. The number of carbonyl (C=O) groups excluding carboxylic acids is 2. The van der Waals surface area contributed by atoms with Crippen LogP contribution in [0.3, 0.4) is 0 Å². The van der Waals surface area contributed by atoms with Crippen molar-refractivity contribution < 1.29 is 9.59 Å². The maximum atomic E-state index is 12.1. The first-order valence-corrected chi connectivity index (χ1v) is 9.77. The van der Waals surface area contributed by atoms with E-state index in [-0.39, 0.29) is 11.8 Å². The number of hydrogen-bond donors (Lipinski definition) is 1. The molecule has 0 atom stereocenters. The van der Waals surface area contributed by atoms with Crippen molar-refractivity contribution in [1.82, 2.24) is 15.1 Å². The summed E-state index contributed by atoms with van der Waals surface area (Å²) < 4.78 is 0. The van der Waals surface area contributed by atoms with Gasteiger partial charge >= 0.3 is 0 Å². The Labute approximate surface area is 160 Å². The van der Waals surface area contributed by atoms with E-state index in [0.29, 0.717) is 19.5 Å². The van der Waals surface area contributed by atoms with E-state index in [9.17, 15) is 9.59 Å². The van der Waals surface area contributed by atoms with Crippen molar-refractivity contribution in [2.24, 2.45) is 0 Å². The van der Waals surface area contributed by atoms with Crippen LogP contribution in [-0.2, 0) is 9.59 Å². The van der Waals surface area contributed by atoms with Crippen molar-refractivity contribution >= 4 is 29.1 Å². The highest BCUT2D eigenvalue weighted by Crippen LogP contribution is 2.25. The molecule has 2 aliphatic heterocycles. The fourth-order valence-electron chi connectivity index (χ4n) is 3.55.